The molecule has 6 heteroatoms. The Morgan fingerprint density at radius 1 is 1.24 bits per heavy atom. The summed E-state index contributed by atoms with van der Waals surface area (Å²) < 4.78 is 38.7. The summed E-state index contributed by atoms with van der Waals surface area (Å²) in [5, 5.41) is 8.94. The second kappa shape index (κ2) is 6.02. The van der Waals surface area contributed by atoms with Gasteiger partial charge < -0.3 is 14.6 Å². The van der Waals surface area contributed by atoms with E-state index >= 15 is 0 Å². The molecule has 0 amide bonds. The molecule has 25 heavy (non-hydrogen) atoms. The third-order valence-electron chi connectivity index (χ3n) is 4.80. The summed E-state index contributed by atoms with van der Waals surface area (Å²) in [6.45, 7) is 0.335. The van der Waals surface area contributed by atoms with Crippen LogP contribution in [0, 0.1) is 11.6 Å². The third kappa shape index (κ3) is 2.81. The second-order valence-corrected chi connectivity index (χ2v) is 6.38. The maximum Gasteiger partial charge on any atom is 0.304 e. The van der Waals surface area contributed by atoms with Crippen molar-refractivity contribution in [3.05, 3.63) is 58.7 Å². The van der Waals surface area contributed by atoms with Gasteiger partial charge in [0.05, 0.1) is 13.0 Å². The Morgan fingerprint density at radius 2 is 2.04 bits per heavy atom. The number of aliphatic carboxylic acids is 1. The third-order valence-corrected chi connectivity index (χ3v) is 4.80. The molecule has 4 rings (SSSR count). The first-order chi connectivity index (χ1) is 12.0. The van der Waals surface area contributed by atoms with Crippen molar-refractivity contribution in [1.29, 1.82) is 0 Å². The van der Waals surface area contributed by atoms with E-state index in [4.69, 9.17) is 14.6 Å². The van der Waals surface area contributed by atoms with E-state index < -0.39 is 17.6 Å². The zero-order valence-electron chi connectivity index (χ0n) is 13.3. The lowest BCUT2D eigenvalue weighted by molar-refractivity contribution is -0.137. The highest BCUT2D eigenvalue weighted by atomic mass is 19.2. The van der Waals surface area contributed by atoms with Gasteiger partial charge in [-0.1, -0.05) is 12.1 Å². The number of carboxylic acids is 1. The lowest BCUT2D eigenvalue weighted by atomic mass is 9.98. The Morgan fingerprint density at radius 3 is 2.84 bits per heavy atom. The van der Waals surface area contributed by atoms with Gasteiger partial charge in [0.2, 0.25) is 0 Å². The second-order valence-electron chi connectivity index (χ2n) is 6.38. The standard InChI is InChI=1S/C19H16F2O4/c20-15-5-3-13-14(19(15)21)4-6-16(13)25-11-1-2-12-10(7-18(22)23)9-24-17(12)8-11/h1-3,5,8,10,16H,4,6-7,9H2,(H,22,23)/t10?,16-/m1/s1. The summed E-state index contributed by atoms with van der Waals surface area (Å²) in [5.41, 5.74) is 1.91. The fourth-order valence-electron chi connectivity index (χ4n) is 3.59. The van der Waals surface area contributed by atoms with Crippen LogP contribution in [0.25, 0.3) is 0 Å². The maximum atomic E-state index is 13.8. The molecular formula is C19H16F2O4. The number of hydrogen-bond donors (Lipinski definition) is 1. The van der Waals surface area contributed by atoms with Crippen LogP contribution in [0.2, 0.25) is 0 Å². The Bertz CT molecular complexity index is 850. The van der Waals surface area contributed by atoms with Crippen molar-refractivity contribution in [2.24, 2.45) is 0 Å². The van der Waals surface area contributed by atoms with E-state index in [9.17, 15) is 13.6 Å². The first kappa shape index (κ1) is 15.9. The molecule has 0 spiro atoms. The molecule has 1 N–H and O–H groups in total. The van der Waals surface area contributed by atoms with Crippen molar-refractivity contribution in [1.82, 2.24) is 0 Å². The predicted octanol–water partition coefficient (Wildman–Crippen LogP) is 3.98. The van der Waals surface area contributed by atoms with Crippen LogP contribution in [0.1, 0.15) is 41.6 Å². The van der Waals surface area contributed by atoms with E-state index in [-0.39, 0.29) is 18.4 Å². The van der Waals surface area contributed by atoms with Crippen LogP contribution < -0.4 is 9.47 Å². The predicted molar refractivity (Wildman–Crippen MR) is 85.0 cm³/mol. The van der Waals surface area contributed by atoms with E-state index in [1.807, 2.05) is 6.07 Å². The fourth-order valence-corrected chi connectivity index (χ4v) is 3.59. The molecule has 0 bridgehead atoms. The van der Waals surface area contributed by atoms with Gasteiger partial charge in [0.1, 0.15) is 17.6 Å². The van der Waals surface area contributed by atoms with Crippen molar-refractivity contribution in [3.8, 4) is 11.5 Å². The maximum absolute atomic E-state index is 13.8. The highest BCUT2D eigenvalue weighted by Gasteiger charge is 2.30. The van der Waals surface area contributed by atoms with E-state index in [0.717, 1.165) is 11.6 Å². The summed E-state index contributed by atoms with van der Waals surface area (Å²) in [6, 6.07) is 8.00. The van der Waals surface area contributed by atoms with Crippen molar-refractivity contribution >= 4 is 5.97 Å². The van der Waals surface area contributed by atoms with E-state index in [0.29, 0.717) is 42.1 Å². The van der Waals surface area contributed by atoms with Gasteiger partial charge in [-0.2, -0.15) is 0 Å². The molecule has 130 valence electrons. The number of benzene rings is 2. The van der Waals surface area contributed by atoms with Crippen LogP contribution >= 0.6 is 0 Å². The van der Waals surface area contributed by atoms with E-state index in [1.54, 1.807) is 18.2 Å². The van der Waals surface area contributed by atoms with Gasteiger partial charge in [0.25, 0.3) is 0 Å². The first-order valence-electron chi connectivity index (χ1n) is 8.15. The van der Waals surface area contributed by atoms with Gasteiger partial charge in [-0.3, -0.25) is 4.79 Å². The largest absolute Gasteiger partial charge is 0.492 e. The molecule has 0 saturated carbocycles. The first-order valence-corrected chi connectivity index (χ1v) is 8.15. The Kier molecular flexibility index (Phi) is 3.82. The number of carboxylic acid groups (broad SMARTS) is 1. The molecule has 2 aliphatic rings. The summed E-state index contributed by atoms with van der Waals surface area (Å²) >= 11 is 0. The summed E-state index contributed by atoms with van der Waals surface area (Å²) in [4.78, 5) is 10.9. The number of fused-ring (bicyclic) bond motifs is 2. The topological polar surface area (TPSA) is 55.8 Å². The normalized spacial score (nSPS) is 20.7. The van der Waals surface area contributed by atoms with Gasteiger partial charge in [0.15, 0.2) is 11.6 Å². The fraction of sp³-hybridized carbons (Fsp3) is 0.316. The summed E-state index contributed by atoms with van der Waals surface area (Å²) in [6.07, 6.45) is 0.703. The number of halogens is 2. The molecule has 2 atom stereocenters. The Labute approximate surface area is 143 Å². The zero-order valence-corrected chi connectivity index (χ0v) is 13.3. The molecule has 1 aliphatic carbocycles. The van der Waals surface area contributed by atoms with Gasteiger partial charge in [0, 0.05) is 17.5 Å². The molecule has 0 radical (unpaired) electrons. The van der Waals surface area contributed by atoms with Gasteiger partial charge in [-0.05, 0) is 36.1 Å². The Hall–Kier alpha value is -2.63. The molecule has 2 aromatic carbocycles. The monoisotopic (exact) mass is 346 g/mol. The van der Waals surface area contributed by atoms with Crippen molar-refractivity contribution in [3.63, 3.8) is 0 Å². The number of hydrogen-bond acceptors (Lipinski definition) is 3. The average Bonchev–Trinajstić information content (AvgIpc) is 3.15. The zero-order chi connectivity index (χ0) is 17.6. The van der Waals surface area contributed by atoms with Gasteiger partial charge in [-0.25, -0.2) is 8.78 Å². The molecule has 0 fully saturated rings. The molecule has 1 aliphatic heterocycles. The van der Waals surface area contributed by atoms with Crippen LogP contribution in [-0.4, -0.2) is 17.7 Å². The minimum atomic E-state index is -0.862. The highest BCUT2D eigenvalue weighted by Crippen LogP contribution is 2.41. The quantitative estimate of drug-likeness (QED) is 0.910. The SMILES string of the molecule is O=C(O)CC1COc2cc(O[C@@H]3CCc4c3ccc(F)c4F)ccc21. The summed E-state index contributed by atoms with van der Waals surface area (Å²) in [5.74, 6) is -1.47. The van der Waals surface area contributed by atoms with Crippen molar-refractivity contribution < 1.29 is 28.2 Å². The average molecular weight is 346 g/mol. The molecule has 1 heterocycles. The minimum Gasteiger partial charge on any atom is -0.492 e. The number of rotatable bonds is 4. The molecular weight excluding hydrogens is 330 g/mol. The van der Waals surface area contributed by atoms with E-state index in [1.165, 1.54) is 0 Å². The van der Waals surface area contributed by atoms with Crippen LogP contribution in [0.15, 0.2) is 30.3 Å². The van der Waals surface area contributed by atoms with Crippen LogP contribution in [0.3, 0.4) is 0 Å². The summed E-state index contributed by atoms with van der Waals surface area (Å²) in [7, 11) is 0. The van der Waals surface area contributed by atoms with Crippen molar-refractivity contribution in [2.75, 3.05) is 6.61 Å². The molecule has 0 aromatic heterocycles. The highest BCUT2D eigenvalue weighted by molar-refractivity contribution is 5.68. The van der Waals surface area contributed by atoms with Crippen molar-refractivity contribution in [2.45, 2.75) is 31.3 Å². The number of carbonyl (C=O) groups is 1. The lowest BCUT2D eigenvalue weighted by Gasteiger charge is -2.16. The lowest BCUT2D eigenvalue weighted by Crippen LogP contribution is -2.07. The van der Waals surface area contributed by atoms with Crippen LogP contribution in [0.5, 0.6) is 11.5 Å². The minimum absolute atomic E-state index is 0.0219. The van der Waals surface area contributed by atoms with Crippen LogP contribution in [-0.2, 0) is 11.2 Å². The molecule has 2 aromatic rings. The van der Waals surface area contributed by atoms with Gasteiger partial charge in [-0.15, -0.1) is 0 Å². The van der Waals surface area contributed by atoms with E-state index in [2.05, 4.69) is 0 Å². The molecule has 4 nitrogen and oxygen atoms in total. The smallest absolute Gasteiger partial charge is 0.304 e. The number of ether oxygens (including phenoxy) is 2. The Balaban J connectivity index is 1.54. The van der Waals surface area contributed by atoms with Gasteiger partial charge >= 0.3 is 5.97 Å². The van der Waals surface area contributed by atoms with Crippen LogP contribution in [0.4, 0.5) is 8.78 Å². The molecule has 0 saturated heterocycles. The molecule has 1 unspecified atom stereocenters.